The number of hydrogen-bond acceptors (Lipinski definition) is 4. The molecule has 0 aliphatic carbocycles. The lowest BCUT2D eigenvalue weighted by Gasteiger charge is -2.28. The molecule has 290 valence electrons. The Morgan fingerprint density at radius 3 is 1.88 bits per heavy atom. The summed E-state index contributed by atoms with van der Waals surface area (Å²) in [4.78, 5) is 9.73. The van der Waals surface area contributed by atoms with Gasteiger partial charge in [-0.25, -0.2) is 4.98 Å². The van der Waals surface area contributed by atoms with Crippen molar-refractivity contribution in [3.8, 4) is 17.3 Å². The number of rotatable bonds is 7. The van der Waals surface area contributed by atoms with Crippen molar-refractivity contribution >= 4 is 44.6 Å². The van der Waals surface area contributed by atoms with Crippen molar-refractivity contribution < 1.29 is 4.74 Å². The Bertz CT molecular complexity index is 2800. The van der Waals surface area contributed by atoms with Crippen molar-refractivity contribution in [3.05, 3.63) is 180 Å². The Labute approximate surface area is 343 Å². The minimum absolute atomic E-state index is 0.000126. The molecule has 0 N–H and O–H groups in total. The molecule has 9 rings (SSSR count). The van der Waals surface area contributed by atoms with E-state index < -0.39 is 0 Å². The van der Waals surface area contributed by atoms with E-state index in [9.17, 15) is 0 Å². The fourth-order valence-electron chi connectivity index (χ4n) is 8.37. The molecule has 5 nitrogen and oxygen atoms in total. The first-order valence-electron chi connectivity index (χ1n) is 20.4. The van der Waals surface area contributed by atoms with Crippen LogP contribution in [0.1, 0.15) is 77.6 Å². The zero-order valence-electron chi connectivity index (χ0n) is 34.9. The number of para-hydroxylation sites is 1. The standard InChI is InChI=1S/C53H52N4O/c1-51(2,3)37-18-14-19-40(30-37)56-35-55(47-27-24-39(31-49(47)56)53(7,8)36-16-10-9-11-17-36)41-20-15-21-42(33-41)58-43-25-26-45-44-22-12-13-23-46(44)57(48(45)34-43)50-32-38(28-29-54-50)52(4,5)6/h9-34H,35H2,1-8H3. The van der Waals surface area contributed by atoms with Crippen molar-refractivity contribution in [2.24, 2.45) is 0 Å². The minimum atomic E-state index is -0.172. The fraction of sp³-hybridized carbons (Fsp3) is 0.226. The van der Waals surface area contributed by atoms with Crippen molar-refractivity contribution in [3.63, 3.8) is 0 Å². The van der Waals surface area contributed by atoms with Crippen LogP contribution in [0.3, 0.4) is 0 Å². The lowest BCUT2D eigenvalue weighted by Crippen LogP contribution is -2.24. The Kier molecular flexibility index (Phi) is 8.96. The van der Waals surface area contributed by atoms with Gasteiger partial charge in [0.25, 0.3) is 0 Å². The third kappa shape index (κ3) is 6.68. The maximum absolute atomic E-state index is 6.74. The molecule has 0 bridgehead atoms. The topological polar surface area (TPSA) is 33.5 Å². The number of pyridine rings is 1. The van der Waals surface area contributed by atoms with Crippen LogP contribution in [-0.4, -0.2) is 16.2 Å². The van der Waals surface area contributed by atoms with Gasteiger partial charge in [0.1, 0.15) is 24.0 Å². The van der Waals surface area contributed by atoms with Gasteiger partial charge >= 0.3 is 0 Å². The Hall–Kier alpha value is -6.33. The molecule has 2 aromatic heterocycles. The van der Waals surface area contributed by atoms with Crippen molar-refractivity contribution in [2.75, 3.05) is 16.5 Å². The molecule has 0 radical (unpaired) electrons. The highest BCUT2D eigenvalue weighted by Crippen LogP contribution is 2.48. The van der Waals surface area contributed by atoms with Crippen molar-refractivity contribution in [1.82, 2.24) is 9.55 Å². The molecule has 0 amide bonds. The molecule has 5 heteroatoms. The SMILES string of the molecule is CC(C)(C)c1cccc(N2CN(c3cccc(Oc4ccc5c6ccccc6n(-c6cc(C(C)(C)C)ccn6)c5c4)c3)c3ccc(C(C)(C)c4ccccc4)cc32)c1. The Morgan fingerprint density at radius 2 is 1.10 bits per heavy atom. The van der Waals surface area contributed by atoms with Crippen LogP contribution in [-0.2, 0) is 16.2 Å². The molecular weight excluding hydrogens is 709 g/mol. The van der Waals surface area contributed by atoms with E-state index in [-0.39, 0.29) is 16.2 Å². The van der Waals surface area contributed by atoms with Crippen molar-refractivity contribution in [1.29, 1.82) is 0 Å². The number of aromatic nitrogens is 2. The Balaban J connectivity index is 1.10. The summed E-state index contributed by atoms with van der Waals surface area (Å²) in [6.07, 6.45) is 1.92. The lowest BCUT2D eigenvalue weighted by atomic mass is 9.78. The first-order valence-corrected chi connectivity index (χ1v) is 20.4. The summed E-state index contributed by atoms with van der Waals surface area (Å²) in [7, 11) is 0. The van der Waals surface area contributed by atoms with Crippen LogP contribution in [0.15, 0.2) is 158 Å². The Morgan fingerprint density at radius 1 is 0.466 bits per heavy atom. The zero-order valence-corrected chi connectivity index (χ0v) is 34.9. The van der Waals surface area contributed by atoms with E-state index in [1.54, 1.807) is 0 Å². The molecule has 1 aliphatic rings. The van der Waals surface area contributed by atoms with E-state index in [0.717, 1.165) is 34.0 Å². The van der Waals surface area contributed by atoms with Gasteiger partial charge in [0.15, 0.2) is 0 Å². The number of hydrogen-bond donors (Lipinski definition) is 0. The summed E-state index contributed by atoms with van der Waals surface area (Å²) in [5, 5.41) is 2.35. The summed E-state index contributed by atoms with van der Waals surface area (Å²) >= 11 is 0. The second-order valence-electron chi connectivity index (χ2n) is 18.3. The summed E-state index contributed by atoms with van der Waals surface area (Å²) < 4.78 is 9.01. The highest BCUT2D eigenvalue weighted by molar-refractivity contribution is 6.09. The first-order chi connectivity index (χ1) is 27.8. The molecule has 3 heterocycles. The van der Waals surface area contributed by atoms with Crippen molar-refractivity contribution in [2.45, 2.75) is 71.6 Å². The molecule has 0 unspecified atom stereocenters. The third-order valence-electron chi connectivity index (χ3n) is 11.9. The van der Waals surface area contributed by atoms with E-state index in [0.29, 0.717) is 6.67 Å². The molecule has 58 heavy (non-hydrogen) atoms. The molecule has 0 saturated heterocycles. The second-order valence-corrected chi connectivity index (χ2v) is 18.3. The smallest absolute Gasteiger partial charge is 0.137 e. The number of ether oxygens (including phenoxy) is 1. The predicted molar refractivity (Wildman–Crippen MR) is 243 cm³/mol. The largest absolute Gasteiger partial charge is 0.457 e. The van der Waals surface area contributed by atoms with Gasteiger partial charge in [0.05, 0.1) is 22.4 Å². The number of fused-ring (bicyclic) bond motifs is 4. The molecular formula is C53H52N4O. The van der Waals surface area contributed by atoms with Gasteiger partial charge < -0.3 is 14.5 Å². The van der Waals surface area contributed by atoms with Crippen LogP contribution in [0.5, 0.6) is 11.5 Å². The number of anilines is 4. The molecule has 8 aromatic rings. The maximum atomic E-state index is 6.74. The molecule has 0 spiro atoms. The minimum Gasteiger partial charge on any atom is -0.457 e. The van der Waals surface area contributed by atoms with Gasteiger partial charge in [-0.2, -0.15) is 0 Å². The molecule has 0 atom stereocenters. The average molecular weight is 761 g/mol. The molecule has 1 aliphatic heterocycles. The van der Waals surface area contributed by atoms with E-state index >= 15 is 0 Å². The summed E-state index contributed by atoms with van der Waals surface area (Å²) in [5.41, 5.74) is 11.8. The van der Waals surface area contributed by atoms with Crippen LogP contribution >= 0.6 is 0 Å². The van der Waals surface area contributed by atoms with Gasteiger partial charge in [-0.15, -0.1) is 0 Å². The van der Waals surface area contributed by atoms with Crippen LogP contribution in [0, 0.1) is 0 Å². The number of benzene rings is 6. The highest BCUT2D eigenvalue weighted by atomic mass is 16.5. The summed E-state index contributed by atoms with van der Waals surface area (Å²) in [5.74, 6) is 2.46. The van der Waals surface area contributed by atoms with E-state index in [1.165, 1.54) is 50.1 Å². The average Bonchev–Trinajstić information content (AvgIpc) is 3.76. The lowest BCUT2D eigenvalue weighted by molar-refractivity contribution is 0.483. The van der Waals surface area contributed by atoms with E-state index in [4.69, 9.17) is 9.72 Å². The van der Waals surface area contributed by atoms with Gasteiger partial charge in [-0.05, 0) is 99.8 Å². The monoisotopic (exact) mass is 760 g/mol. The first kappa shape index (κ1) is 37.3. The van der Waals surface area contributed by atoms with E-state index in [1.807, 2.05) is 12.3 Å². The van der Waals surface area contributed by atoms with Gasteiger partial charge in [0, 0.05) is 45.9 Å². The second kappa shape index (κ2) is 13.9. The maximum Gasteiger partial charge on any atom is 0.137 e. The van der Waals surface area contributed by atoms with Crippen LogP contribution in [0.2, 0.25) is 0 Å². The summed E-state index contributed by atoms with van der Waals surface area (Å²) in [6.45, 7) is 18.9. The van der Waals surface area contributed by atoms with Gasteiger partial charge in [0.2, 0.25) is 0 Å². The fourth-order valence-corrected chi connectivity index (χ4v) is 8.37. The highest BCUT2D eigenvalue weighted by Gasteiger charge is 2.32. The van der Waals surface area contributed by atoms with E-state index in [2.05, 4.69) is 215 Å². The normalized spacial score (nSPS) is 13.4. The predicted octanol–water partition coefficient (Wildman–Crippen LogP) is 14.1. The number of nitrogens with zero attached hydrogens (tertiary/aromatic N) is 4. The zero-order chi connectivity index (χ0) is 40.4. The van der Waals surface area contributed by atoms with Crippen LogP contribution in [0.25, 0.3) is 27.6 Å². The quantitative estimate of drug-likeness (QED) is 0.162. The molecule has 0 fully saturated rings. The molecule has 0 saturated carbocycles. The van der Waals surface area contributed by atoms with Gasteiger partial charge in [-0.1, -0.05) is 128 Å². The summed E-state index contributed by atoms with van der Waals surface area (Å²) in [6, 6.07) is 54.6. The van der Waals surface area contributed by atoms with Crippen LogP contribution < -0.4 is 14.5 Å². The third-order valence-corrected chi connectivity index (χ3v) is 11.9. The van der Waals surface area contributed by atoms with Crippen LogP contribution in [0.4, 0.5) is 22.7 Å². The van der Waals surface area contributed by atoms with Gasteiger partial charge in [-0.3, -0.25) is 4.57 Å². The molecule has 6 aromatic carbocycles.